The number of aryl methyl sites for hydroxylation is 2. The van der Waals surface area contributed by atoms with E-state index in [2.05, 4.69) is 23.3 Å². The zero-order valence-corrected chi connectivity index (χ0v) is 24.8. The van der Waals surface area contributed by atoms with Crippen molar-refractivity contribution < 1.29 is 13.2 Å². The molecule has 0 aromatic heterocycles. The molecule has 0 aliphatic rings. The summed E-state index contributed by atoms with van der Waals surface area (Å²) in [5, 5.41) is -0.0802. The van der Waals surface area contributed by atoms with Gasteiger partial charge in [-0.3, -0.25) is 0 Å². The van der Waals surface area contributed by atoms with Crippen molar-refractivity contribution in [3.63, 3.8) is 0 Å². The summed E-state index contributed by atoms with van der Waals surface area (Å²) in [6.45, 7) is 4.04. The summed E-state index contributed by atoms with van der Waals surface area (Å²) in [6.07, 6.45) is 4.37. The molecule has 7 heteroatoms. The fourth-order valence-corrected chi connectivity index (χ4v) is 8.25. The van der Waals surface area contributed by atoms with E-state index in [0.29, 0.717) is 0 Å². The second-order valence-corrected chi connectivity index (χ2v) is 14.3. The van der Waals surface area contributed by atoms with Gasteiger partial charge < -0.3 is 4.74 Å². The highest BCUT2D eigenvalue weighted by Gasteiger charge is 2.38. The molecule has 2 unspecified atom stereocenters. The third-order valence-electron chi connectivity index (χ3n) is 6.41. The van der Waals surface area contributed by atoms with Crippen LogP contribution in [0.5, 0.6) is 5.75 Å². The standard InChI is InChI=1S/C31H34NO3S3/c1-22-10-18-26(19-11-22)37(33)29-9-7-6-8-28(29)31(36(4)5)30(24-14-16-25(35-3)17-15-24)32-38(34)27-20-12-23(2)13-21-27/h6-21,30-32H,1-5H3/q+1/t30-,31+,37?,38?/m1/s1. The molecule has 0 amide bonds. The predicted octanol–water partition coefficient (Wildman–Crippen LogP) is 6.45. The number of benzene rings is 4. The molecule has 198 valence electrons. The molecule has 0 saturated heterocycles. The molecule has 0 bridgehead atoms. The Morgan fingerprint density at radius 3 is 1.84 bits per heavy atom. The number of nitrogens with one attached hydrogen (secondary N) is 1. The molecule has 4 aromatic carbocycles. The number of rotatable bonds is 10. The first-order valence-corrected chi connectivity index (χ1v) is 16.7. The largest absolute Gasteiger partial charge is 0.497 e. The second-order valence-electron chi connectivity index (χ2n) is 9.37. The molecule has 1 N–H and O–H groups in total. The van der Waals surface area contributed by atoms with Crippen LogP contribution in [0.4, 0.5) is 0 Å². The molecule has 0 saturated carbocycles. The van der Waals surface area contributed by atoms with Crippen molar-refractivity contribution in [2.75, 3.05) is 19.6 Å². The maximum atomic E-state index is 13.8. The van der Waals surface area contributed by atoms with Crippen LogP contribution in [-0.4, -0.2) is 28.0 Å². The van der Waals surface area contributed by atoms with Crippen molar-refractivity contribution in [3.8, 4) is 5.75 Å². The minimum Gasteiger partial charge on any atom is -0.497 e. The molecular weight excluding hydrogens is 531 g/mol. The highest BCUT2D eigenvalue weighted by molar-refractivity contribution is 7.95. The summed E-state index contributed by atoms with van der Waals surface area (Å²) < 4.78 is 36.3. The Labute approximate surface area is 234 Å². The van der Waals surface area contributed by atoms with Crippen molar-refractivity contribution in [2.45, 2.75) is 39.8 Å². The van der Waals surface area contributed by atoms with E-state index in [1.807, 2.05) is 105 Å². The second kappa shape index (κ2) is 12.9. The lowest BCUT2D eigenvalue weighted by atomic mass is 9.99. The molecular formula is C31H34NO3S3+. The van der Waals surface area contributed by atoms with Crippen LogP contribution in [0.15, 0.2) is 112 Å². The van der Waals surface area contributed by atoms with Gasteiger partial charge in [0, 0.05) is 10.5 Å². The molecule has 0 fully saturated rings. The van der Waals surface area contributed by atoms with Crippen LogP contribution in [0.25, 0.3) is 0 Å². The van der Waals surface area contributed by atoms with Crippen molar-refractivity contribution in [2.24, 2.45) is 0 Å². The van der Waals surface area contributed by atoms with Crippen molar-refractivity contribution >= 4 is 32.7 Å². The summed E-state index contributed by atoms with van der Waals surface area (Å²) in [7, 11) is -1.32. The van der Waals surface area contributed by atoms with E-state index in [9.17, 15) is 8.42 Å². The van der Waals surface area contributed by atoms with Crippen LogP contribution in [0, 0.1) is 13.8 Å². The minimum atomic E-state index is -1.45. The first-order chi connectivity index (χ1) is 18.3. The minimum absolute atomic E-state index is 0.0802. The van der Waals surface area contributed by atoms with E-state index in [-0.39, 0.29) is 22.2 Å². The molecule has 4 atom stereocenters. The van der Waals surface area contributed by atoms with Gasteiger partial charge in [-0.15, -0.1) is 0 Å². The number of methoxy groups -OCH3 is 1. The summed E-state index contributed by atoms with van der Waals surface area (Å²) in [4.78, 5) is 2.27. The van der Waals surface area contributed by atoms with E-state index in [1.54, 1.807) is 7.11 Å². The molecule has 4 rings (SSSR count). The van der Waals surface area contributed by atoms with E-state index in [1.165, 1.54) is 0 Å². The van der Waals surface area contributed by atoms with Crippen LogP contribution in [0.2, 0.25) is 0 Å². The maximum absolute atomic E-state index is 13.8. The smallest absolute Gasteiger partial charge is 0.164 e. The van der Waals surface area contributed by atoms with Gasteiger partial charge in [-0.2, -0.15) is 0 Å². The highest BCUT2D eigenvalue weighted by Crippen LogP contribution is 2.40. The van der Waals surface area contributed by atoms with Gasteiger partial charge in [0.15, 0.2) is 5.25 Å². The number of hydrogen-bond acceptors (Lipinski definition) is 3. The van der Waals surface area contributed by atoms with Gasteiger partial charge in [-0.1, -0.05) is 65.7 Å². The first-order valence-electron chi connectivity index (χ1n) is 12.3. The number of ether oxygens (including phenoxy) is 1. The third-order valence-corrected chi connectivity index (χ3v) is 10.6. The van der Waals surface area contributed by atoms with Crippen LogP contribution in [0.1, 0.15) is 33.5 Å². The summed E-state index contributed by atoms with van der Waals surface area (Å²) in [6, 6.07) is 31.1. The molecule has 4 nitrogen and oxygen atoms in total. The van der Waals surface area contributed by atoms with Gasteiger partial charge >= 0.3 is 0 Å². The first kappa shape index (κ1) is 28.3. The fraction of sp³-hybridized carbons (Fsp3) is 0.226. The van der Waals surface area contributed by atoms with Crippen LogP contribution >= 0.6 is 0 Å². The molecule has 0 spiro atoms. The van der Waals surface area contributed by atoms with Gasteiger partial charge in [-0.25, -0.2) is 13.1 Å². The molecule has 0 heterocycles. The summed E-state index contributed by atoms with van der Waals surface area (Å²) in [5.41, 5.74) is 4.23. The zero-order chi connectivity index (χ0) is 27.2. The van der Waals surface area contributed by atoms with Gasteiger partial charge in [-0.05, 0) is 72.8 Å². The highest BCUT2D eigenvalue weighted by atomic mass is 32.2. The topological polar surface area (TPSA) is 55.4 Å². The van der Waals surface area contributed by atoms with Crippen molar-refractivity contribution in [3.05, 3.63) is 119 Å². The molecule has 0 aliphatic carbocycles. The van der Waals surface area contributed by atoms with E-state index in [4.69, 9.17) is 4.74 Å². The van der Waals surface area contributed by atoms with Crippen molar-refractivity contribution in [1.29, 1.82) is 0 Å². The Morgan fingerprint density at radius 2 is 1.29 bits per heavy atom. The van der Waals surface area contributed by atoms with Crippen LogP contribution in [-0.2, 0) is 32.7 Å². The van der Waals surface area contributed by atoms with Gasteiger partial charge in [0.1, 0.15) is 16.7 Å². The lowest BCUT2D eigenvalue weighted by Crippen LogP contribution is -2.33. The zero-order valence-electron chi connectivity index (χ0n) is 22.3. The Morgan fingerprint density at radius 1 is 0.737 bits per heavy atom. The molecule has 0 radical (unpaired) electrons. The SMILES string of the molecule is COc1ccc([C@@H](NS(=O)c2ccc(C)cc2)[C@H](c2ccccc2S(=O)c2ccc(C)cc2)[S+](C)C)cc1. The summed E-state index contributed by atoms with van der Waals surface area (Å²) >= 11 is 0. The average molecular weight is 565 g/mol. The summed E-state index contributed by atoms with van der Waals surface area (Å²) in [5.74, 6) is 0.761. The monoisotopic (exact) mass is 564 g/mol. The maximum Gasteiger partial charge on any atom is 0.164 e. The Kier molecular flexibility index (Phi) is 9.60. The fourth-order valence-electron chi connectivity index (χ4n) is 4.34. The van der Waals surface area contributed by atoms with Gasteiger partial charge in [0.25, 0.3) is 0 Å². The number of hydrogen-bond donors (Lipinski definition) is 1. The Bertz CT molecular complexity index is 1400. The Balaban J connectivity index is 1.80. The van der Waals surface area contributed by atoms with Crippen LogP contribution in [0.3, 0.4) is 0 Å². The molecule has 0 aliphatic heterocycles. The quantitative estimate of drug-likeness (QED) is 0.225. The van der Waals surface area contributed by atoms with E-state index < -0.39 is 21.8 Å². The van der Waals surface area contributed by atoms with E-state index in [0.717, 1.165) is 42.7 Å². The van der Waals surface area contributed by atoms with Gasteiger partial charge in [0.2, 0.25) is 0 Å². The van der Waals surface area contributed by atoms with Crippen LogP contribution < -0.4 is 9.46 Å². The molecule has 38 heavy (non-hydrogen) atoms. The average Bonchev–Trinajstić information content (AvgIpc) is 2.93. The van der Waals surface area contributed by atoms with E-state index >= 15 is 0 Å². The lowest BCUT2D eigenvalue weighted by molar-refractivity contribution is 0.414. The lowest BCUT2D eigenvalue weighted by Gasteiger charge is -2.27. The van der Waals surface area contributed by atoms with Crippen molar-refractivity contribution in [1.82, 2.24) is 4.72 Å². The van der Waals surface area contributed by atoms with Gasteiger partial charge in [0.05, 0.1) is 46.3 Å². The predicted molar refractivity (Wildman–Crippen MR) is 161 cm³/mol. The third kappa shape index (κ3) is 6.64. The normalized spacial score (nSPS) is 14.6. The molecule has 4 aromatic rings. The Hall–Kier alpha value is -2.71.